The molecule has 0 bridgehead atoms. The molecule has 0 amide bonds. The van der Waals surface area contributed by atoms with Crippen LogP contribution in [0.4, 0.5) is 4.39 Å². The largest absolute Gasteiger partial charge is 0.490 e. The number of ether oxygens (including phenoxy) is 1. The molecule has 1 N–H and O–H groups in total. The molecule has 0 aliphatic carbocycles. The molecule has 2 aromatic rings. The van der Waals surface area contributed by atoms with Gasteiger partial charge >= 0.3 is 0 Å². The molecule has 0 unspecified atom stereocenters. The number of rotatable bonds is 5. The molecule has 0 spiro atoms. The van der Waals surface area contributed by atoms with Crippen molar-refractivity contribution in [1.82, 2.24) is 4.98 Å². The minimum absolute atomic E-state index is 0.207. The van der Waals surface area contributed by atoms with Crippen LogP contribution in [0.1, 0.15) is 24.2 Å². The SMILES string of the molecule is C[C@H](O)c1ccc(OCCc2ccncc2)c(F)c1. The van der Waals surface area contributed by atoms with Crippen LogP contribution in [0.15, 0.2) is 42.7 Å². The van der Waals surface area contributed by atoms with Crippen LogP contribution >= 0.6 is 0 Å². The summed E-state index contributed by atoms with van der Waals surface area (Å²) in [5, 5.41) is 9.35. The standard InChI is InChI=1S/C15H16FNO2/c1-11(18)13-2-3-15(14(16)10-13)19-9-6-12-4-7-17-8-5-12/h2-5,7-8,10-11,18H,6,9H2,1H3/t11-/m0/s1. The van der Waals surface area contributed by atoms with Crippen LogP contribution in [0.5, 0.6) is 5.75 Å². The third-order valence-corrected chi connectivity index (χ3v) is 2.84. The van der Waals surface area contributed by atoms with Gasteiger partial charge in [-0.05, 0) is 42.3 Å². The average Bonchev–Trinajstić information content (AvgIpc) is 2.41. The minimum Gasteiger partial charge on any atom is -0.490 e. The van der Waals surface area contributed by atoms with Crippen molar-refractivity contribution < 1.29 is 14.2 Å². The van der Waals surface area contributed by atoms with Gasteiger partial charge in [0.2, 0.25) is 0 Å². The van der Waals surface area contributed by atoms with Gasteiger partial charge in [0.1, 0.15) is 0 Å². The molecule has 1 atom stereocenters. The topological polar surface area (TPSA) is 42.4 Å². The van der Waals surface area contributed by atoms with E-state index >= 15 is 0 Å². The Labute approximate surface area is 111 Å². The fraction of sp³-hybridized carbons (Fsp3) is 0.267. The number of aliphatic hydroxyl groups is 1. The summed E-state index contributed by atoms with van der Waals surface area (Å²) in [6.07, 6.45) is 3.45. The Morgan fingerprint density at radius 1 is 1.26 bits per heavy atom. The number of pyridine rings is 1. The second-order valence-electron chi connectivity index (χ2n) is 4.32. The first kappa shape index (κ1) is 13.5. The van der Waals surface area contributed by atoms with Gasteiger partial charge in [0, 0.05) is 18.8 Å². The van der Waals surface area contributed by atoms with Crippen LogP contribution in [-0.2, 0) is 6.42 Å². The zero-order valence-electron chi connectivity index (χ0n) is 10.7. The normalized spacial score (nSPS) is 12.2. The third-order valence-electron chi connectivity index (χ3n) is 2.84. The summed E-state index contributed by atoms with van der Waals surface area (Å²) >= 11 is 0. The van der Waals surface area contributed by atoms with Crippen LogP contribution in [0, 0.1) is 5.82 Å². The predicted molar refractivity (Wildman–Crippen MR) is 70.5 cm³/mol. The van der Waals surface area contributed by atoms with Crippen LogP contribution in [0.2, 0.25) is 0 Å². The zero-order valence-corrected chi connectivity index (χ0v) is 10.7. The van der Waals surface area contributed by atoms with Crippen molar-refractivity contribution in [3.8, 4) is 5.75 Å². The number of aliphatic hydroxyl groups excluding tert-OH is 1. The summed E-state index contributed by atoms with van der Waals surface area (Å²) in [6, 6.07) is 8.30. The highest BCUT2D eigenvalue weighted by molar-refractivity contribution is 5.30. The third kappa shape index (κ3) is 3.76. The van der Waals surface area contributed by atoms with Gasteiger partial charge in [0.05, 0.1) is 12.7 Å². The van der Waals surface area contributed by atoms with Crippen molar-refractivity contribution >= 4 is 0 Å². The van der Waals surface area contributed by atoms with Gasteiger partial charge in [-0.2, -0.15) is 0 Å². The highest BCUT2D eigenvalue weighted by atomic mass is 19.1. The fourth-order valence-corrected chi connectivity index (χ4v) is 1.72. The highest BCUT2D eigenvalue weighted by Gasteiger charge is 2.07. The van der Waals surface area contributed by atoms with E-state index in [1.165, 1.54) is 6.07 Å². The Morgan fingerprint density at radius 2 is 2.00 bits per heavy atom. The Bertz CT molecular complexity index is 529. The summed E-state index contributed by atoms with van der Waals surface area (Å²) in [6.45, 7) is 1.99. The molecule has 4 heteroatoms. The number of benzene rings is 1. The maximum absolute atomic E-state index is 13.7. The van der Waals surface area contributed by atoms with Crippen molar-refractivity contribution in [3.63, 3.8) is 0 Å². The van der Waals surface area contributed by atoms with Crippen molar-refractivity contribution in [2.24, 2.45) is 0 Å². The molecule has 0 fully saturated rings. The Hall–Kier alpha value is -1.94. The van der Waals surface area contributed by atoms with E-state index in [1.807, 2.05) is 12.1 Å². The Morgan fingerprint density at radius 3 is 2.63 bits per heavy atom. The summed E-state index contributed by atoms with van der Waals surface area (Å²) in [5.41, 5.74) is 1.63. The summed E-state index contributed by atoms with van der Waals surface area (Å²) in [4.78, 5) is 3.93. The number of halogens is 1. The molecule has 2 rings (SSSR count). The van der Waals surface area contributed by atoms with Gasteiger partial charge in [0.15, 0.2) is 11.6 Å². The molecular formula is C15H16FNO2. The first-order chi connectivity index (χ1) is 9.16. The maximum atomic E-state index is 13.7. The number of aromatic nitrogens is 1. The van der Waals surface area contributed by atoms with Crippen molar-refractivity contribution in [2.75, 3.05) is 6.61 Å². The molecule has 0 saturated carbocycles. The first-order valence-electron chi connectivity index (χ1n) is 6.16. The molecule has 1 aromatic heterocycles. The molecule has 1 aromatic carbocycles. The van der Waals surface area contributed by atoms with Crippen molar-refractivity contribution in [2.45, 2.75) is 19.4 Å². The second kappa shape index (κ2) is 6.29. The first-order valence-corrected chi connectivity index (χ1v) is 6.16. The molecule has 3 nitrogen and oxygen atoms in total. The lowest BCUT2D eigenvalue weighted by Gasteiger charge is -2.10. The second-order valence-corrected chi connectivity index (χ2v) is 4.32. The van der Waals surface area contributed by atoms with E-state index in [2.05, 4.69) is 4.98 Å². The average molecular weight is 261 g/mol. The lowest BCUT2D eigenvalue weighted by Crippen LogP contribution is -2.03. The van der Waals surface area contributed by atoms with E-state index in [4.69, 9.17) is 4.74 Å². The lowest BCUT2D eigenvalue weighted by molar-refractivity contribution is 0.198. The van der Waals surface area contributed by atoms with Crippen LogP contribution in [-0.4, -0.2) is 16.7 Å². The van der Waals surface area contributed by atoms with Gasteiger partial charge in [-0.25, -0.2) is 4.39 Å². The van der Waals surface area contributed by atoms with Gasteiger partial charge in [-0.3, -0.25) is 4.98 Å². The van der Waals surface area contributed by atoms with Crippen LogP contribution in [0.25, 0.3) is 0 Å². The maximum Gasteiger partial charge on any atom is 0.165 e. The molecule has 0 aliphatic heterocycles. The quantitative estimate of drug-likeness (QED) is 0.899. The predicted octanol–water partition coefficient (Wildman–Crippen LogP) is 2.90. The van der Waals surface area contributed by atoms with E-state index in [-0.39, 0.29) is 5.75 Å². The molecule has 1 heterocycles. The summed E-state index contributed by atoms with van der Waals surface area (Å²) in [7, 11) is 0. The Kier molecular flexibility index (Phi) is 4.47. The Balaban J connectivity index is 1.93. The number of hydrogen-bond donors (Lipinski definition) is 1. The molecule has 0 aliphatic rings. The molecule has 0 radical (unpaired) electrons. The summed E-state index contributed by atoms with van der Waals surface area (Å²) in [5.74, 6) is -0.244. The highest BCUT2D eigenvalue weighted by Crippen LogP contribution is 2.22. The monoisotopic (exact) mass is 261 g/mol. The van der Waals surface area contributed by atoms with Gasteiger partial charge in [-0.1, -0.05) is 6.07 Å². The van der Waals surface area contributed by atoms with E-state index in [0.717, 1.165) is 5.56 Å². The smallest absolute Gasteiger partial charge is 0.165 e. The van der Waals surface area contributed by atoms with E-state index in [0.29, 0.717) is 18.6 Å². The zero-order chi connectivity index (χ0) is 13.7. The van der Waals surface area contributed by atoms with Crippen LogP contribution < -0.4 is 4.74 Å². The molecular weight excluding hydrogens is 245 g/mol. The van der Waals surface area contributed by atoms with Gasteiger partial charge in [-0.15, -0.1) is 0 Å². The molecule has 19 heavy (non-hydrogen) atoms. The number of hydrogen-bond acceptors (Lipinski definition) is 3. The van der Waals surface area contributed by atoms with E-state index in [9.17, 15) is 9.50 Å². The molecule has 100 valence electrons. The minimum atomic E-state index is -0.680. The van der Waals surface area contributed by atoms with Crippen molar-refractivity contribution in [1.29, 1.82) is 0 Å². The van der Waals surface area contributed by atoms with Gasteiger partial charge in [0.25, 0.3) is 0 Å². The van der Waals surface area contributed by atoms with Crippen molar-refractivity contribution in [3.05, 3.63) is 59.7 Å². The fourth-order valence-electron chi connectivity index (χ4n) is 1.72. The molecule has 0 saturated heterocycles. The van der Waals surface area contributed by atoms with E-state index < -0.39 is 11.9 Å². The lowest BCUT2D eigenvalue weighted by atomic mass is 10.1. The number of nitrogens with zero attached hydrogens (tertiary/aromatic N) is 1. The van der Waals surface area contributed by atoms with E-state index in [1.54, 1.807) is 31.5 Å². The van der Waals surface area contributed by atoms with Gasteiger partial charge < -0.3 is 9.84 Å². The summed E-state index contributed by atoms with van der Waals surface area (Å²) < 4.78 is 19.1. The van der Waals surface area contributed by atoms with Crippen LogP contribution in [0.3, 0.4) is 0 Å².